The Labute approximate surface area is 115 Å². The molecule has 0 bridgehead atoms. The van der Waals surface area contributed by atoms with Gasteiger partial charge in [-0.2, -0.15) is 0 Å². The smallest absolute Gasteiger partial charge is 0.254 e. The summed E-state index contributed by atoms with van der Waals surface area (Å²) in [5, 5.41) is 0. The molecule has 4 nitrogen and oxygen atoms in total. The fourth-order valence-electron chi connectivity index (χ4n) is 2.55. The Balaban J connectivity index is 2.03. The molecule has 0 atom stereocenters. The zero-order valence-corrected chi connectivity index (χ0v) is 11.9. The number of nitrogens with zero attached hydrogens (tertiary/aromatic N) is 2. The van der Waals surface area contributed by atoms with Crippen molar-refractivity contribution in [3.63, 3.8) is 0 Å². The van der Waals surface area contributed by atoms with Gasteiger partial charge in [0.15, 0.2) is 0 Å². The summed E-state index contributed by atoms with van der Waals surface area (Å²) in [5.74, 6) is 0.112. The Morgan fingerprint density at radius 3 is 2.58 bits per heavy atom. The van der Waals surface area contributed by atoms with Crippen molar-refractivity contribution in [2.75, 3.05) is 38.5 Å². The lowest BCUT2D eigenvalue weighted by molar-refractivity contribution is 0.0637. The monoisotopic (exact) mass is 261 g/mol. The number of carbonyl (C=O) groups excluding carboxylic acids is 1. The van der Waals surface area contributed by atoms with Crippen molar-refractivity contribution in [3.05, 3.63) is 29.3 Å². The number of hydrogen-bond acceptors (Lipinski definition) is 3. The lowest BCUT2D eigenvalue weighted by Gasteiger charge is -2.34. The van der Waals surface area contributed by atoms with Gasteiger partial charge in [-0.25, -0.2) is 0 Å². The second-order valence-electron chi connectivity index (χ2n) is 5.15. The van der Waals surface area contributed by atoms with Crippen LogP contribution in [-0.2, 0) is 0 Å². The van der Waals surface area contributed by atoms with Crippen LogP contribution in [0.25, 0.3) is 0 Å². The zero-order chi connectivity index (χ0) is 13.8. The molecule has 1 saturated heterocycles. The molecule has 0 aliphatic carbocycles. The predicted octanol–water partition coefficient (Wildman–Crippen LogP) is 1.75. The minimum atomic E-state index is 0.112. The summed E-state index contributed by atoms with van der Waals surface area (Å²) in [5.41, 5.74) is 8.19. The fourth-order valence-corrected chi connectivity index (χ4v) is 2.55. The van der Waals surface area contributed by atoms with Crippen molar-refractivity contribution in [3.8, 4) is 0 Å². The van der Waals surface area contributed by atoms with Crippen molar-refractivity contribution >= 4 is 11.6 Å². The molecule has 1 aromatic rings. The van der Waals surface area contributed by atoms with Gasteiger partial charge in [-0.1, -0.05) is 13.0 Å². The van der Waals surface area contributed by atoms with Crippen LogP contribution in [0.3, 0.4) is 0 Å². The highest BCUT2D eigenvalue weighted by atomic mass is 16.2. The van der Waals surface area contributed by atoms with E-state index in [-0.39, 0.29) is 5.91 Å². The van der Waals surface area contributed by atoms with Crippen LogP contribution in [0.1, 0.15) is 29.3 Å². The standard InChI is InChI=1S/C15H23N3O/c1-3-7-17-8-10-18(11-9-17)15(19)13-5-4-6-14(16)12(13)2/h4-6H,3,7-11,16H2,1-2H3. The summed E-state index contributed by atoms with van der Waals surface area (Å²) >= 11 is 0. The van der Waals surface area contributed by atoms with Crippen molar-refractivity contribution < 1.29 is 4.79 Å². The molecule has 2 rings (SSSR count). The molecule has 1 heterocycles. The molecule has 104 valence electrons. The van der Waals surface area contributed by atoms with Crippen LogP contribution in [0.15, 0.2) is 18.2 Å². The van der Waals surface area contributed by atoms with E-state index in [9.17, 15) is 4.79 Å². The van der Waals surface area contributed by atoms with E-state index in [1.807, 2.05) is 30.0 Å². The quantitative estimate of drug-likeness (QED) is 0.843. The van der Waals surface area contributed by atoms with Crippen molar-refractivity contribution in [2.45, 2.75) is 20.3 Å². The molecular weight excluding hydrogens is 238 g/mol. The first-order valence-electron chi connectivity index (χ1n) is 7.00. The van der Waals surface area contributed by atoms with Crippen LogP contribution in [0.5, 0.6) is 0 Å². The first-order valence-corrected chi connectivity index (χ1v) is 7.00. The van der Waals surface area contributed by atoms with E-state index in [2.05, 4.69) is 11.8 Å². The molecule has 1 aromatic carbocycles. The molecule has 1 aliphatic rings. The number of hydrogen-bond donors (Lipinski definition) is 1. The summed E-state index contributed by atoms with van der Waals surface area (Å²) in [4.78, 5) is 16.8. The highest BCUT2D eigenvalue weighted by Gasteiger charge is 2.22. The molecule has 0 radical (unpaired) electrons. The van der Waals surface area contributed by atoms with Gasteiger partial charge in [0.1, 0.15) is 0 Å². The third kappa shape index (κ3) is 3.07. The molecule has 2 N–H and O–H groups in total. The highest BCUT2D eigenvalue weighted by molar-refractivity contribution is 5.97. The van der Waals surface area contributed by atoms with E-state index in [1.165, 1.54) is 6.42 Å². The van der Waals surface area contributed by atoms with Gasteiger partial charge in [0.25, 0.3) is 5.91 Å². The molecule has 0 aromatic heterocycles. The Morgan fingerprint density at radius 1 is 1.26 bits per heavy atom. The summed E-state index contributed by atoms with van der Waals surface area (Å²) < 4.78 is 0. The minimum absolute atomic E-state index is 0.112. The number of anilines is 1. The fraction of sp³-hybridized carbons (Fsp3) is 0.533. The average molecular weight is 261 g/mol. The van der Waals surface area contributed by atoms with Gasteiger partial charge in [0.2, 0.25) is 0 Å². The van der Waals surface area contributed by atoms with E-state index < -0.39 is 0 Å². The van der Waals surface area contributed by atoms with Crippen LogP contribution in [0.2, 0.25) is 0 Å². The number of benzene rings is 1. The molecule has 0 unspecified atom stereocenters. The number of carbonyl (C=O) groups is 1. The maximum Gasteiger partial charge on any atom is 0.254 e. The van der Waals surface area contributed by atoms with Gasteiger partial charge < -0.3 is 10.6 Å². The Morgan fingerprint density at radius 2 is 1.95 bits per heavy atom. The number of nitrogens with two attached hydrogens (primary N) is 1. The second-order valence-corrected chi connectivity index (χ2v) is 5.15. The normalized spacial score (nSPS) is 16.6. The van der Waals surface area contributed by atoms with Crippen LogP contribution >= 0.6 is 0 Å². The van der Waals surface area contributed by atoms with Gasteiger partial charge in [-0.3, -0.25) is 9.69 Å². The van der Waals surface area contributed by atoms with Gasteiger partial charge in [0, 0.05) is 37.4 Å². The molecule has 1 fully saturated rings. The second kappa shape index (κ2) is 6.06. The first kappa shape index (κ1) is 13.9. The maximum absolute atomic E-state index is 12.5. The average Bonchev–Trinajstić information content (AvgIpc) is 2.42. The molecule has 4 heteroatoms. The lowest BCUT2D eigenvalue weighted by Crippen LogP contribution is -2.48. The largest absolute Gasteiger partial charge is 0.398 e. The third-order valence-corrected chi connectivity index (χ3v) is 3.81. The van der Waals surface area contributed by atoms with Crippen LogP contribution in [-0.4, -0.2) is 48.4 Å². The van der Waals surface area contributed by atoms with E-state index >= 15 is 0 Å². The van der Waals surface area contributed by atoms with E-state index in [4.69, 9.17) is 5.73 Å². The first-order chi connectivity index (χ1) is 9.13. The summed E-state index contributed by atoms with van der Waals surface area (Å²) in [6, 6.07) is 5.56. The molecular formula is C15H23N3O. The highest BCUT2D eigenvalue weighted by Crippen LogP contribution is 2.18. The van der Waals surface area contributed by atoms with Crippen molar-refractivity contribution in [1.82, 2.24) is 9.80 Å². The van der Waals surface area contributed by atoms with Crippen LogP contribution in [0, 0.1) is 6.92 Å². The van der Waals surface area contributed by atoms with E-state index in [0.29, 0.717) is 5.69 Å². The molecule has 0 spiro atoms. The summed E-state index contributed by atoms with van der Waals surface area (Å²) in [6.07, 6.45) is 1.17. The SMILES string of the molecule is CCCN1CCN(C(=O)c2cccc(N)c2C)CC1. The van der Waals surface area contributed by atoms with Crippen molar-refractivity contribution in [2.24, 2.45) is 0 Å². The van der Waals surface area contributed by atoms with E-state index in [0.717, 1.165) is 43.9 Å². The maximum atomic E-state index is 12.5. The van der Waals surface area contributed by atoms with Crippen molar-refractivity contribution in [1.29, 1.82) is 0 Å². The van der Waals surface area contributed by atoms with Gasteiger partial charge in [0.05, 0.1) is 0 Å². The summed E-state index contributed by atoms with van der Waals surface area (Å²) in [7, 11) is 0. The van der Waals surface area contributed by atoms with Gasteiger partial charge in [-0.05, 0) is 37.6 Å². The third-order valence-electron chi connectivity index (χ3n) is 3.81. The minimum Gasteiger partial charge on any atom is -0.398 e. The Hall–Kier alpha value is -1.55. The van der Waals surface area contributed by atoms with Crippen LogP contribution < -0.4 is 5.73 Å². The van der Waals surface area contributed by atoms with Crippen LogP contribution in [0.4, 0.5) is 5.69 Å². The number of nitrogen functional groups attached to an aromatic ring is 1. The number of piperazine rings is 1. The van der Waals surface area contributed by atoms with Gasteiger partial charge in [-0.15, -0.1) is 0 Å². The Kier molecular flexibility index (Phi) is 4.43. The number of amides is 1. The zero-order valence-electron chi connectivity index (χ0n) is 11.9. The lowest BCUT2D eigenvalue weighted by atomic mass is 10.1. The topological polar surface area (TPSA) is 49.6 Å². The summed E-state index contributed by atoms with van der Waals surface area (Å²) in [6.45, 7) is 8.80. The molecule has 0 saturated carbocycles. The predicted molar refractivity (Wildman–Crippen MR) is 78.2 cm³/mol. The molecule has 1 aliphatic heterocycles. The molecule has 1 amide bonds. The molecule has 19 heavy (non-hydrogen) atoms. The number of rotatable bonds is 3. The van der Waals surface area contributed by atoms with Gasteiger partial charge >= 0.3 is 0 Å². The Bertz CT molecular complexity index is 451. The van der Waals surface area contributed by atoms with E-state index in [1.54, 1.807) is 0 Å².